The quantitative estimate of drug-likeness (QED) is 0.446. The molecule has 38 heavy (non-hydrogen) atoms. The predicted octanol–water partition coefficient (Wildman–Crippen LogP) is 4.39. The Morgan fingerprint density at radius 3 is 2.55 bits per heavy atom. The molecule has 0 bridgehead atoms. The van der Waals surface area contributed by atoms with Gasteiger partial charge in [-0.1, -0.05) is 23.2 Å². The zero-order chi connectivity index (χ0) is 27.2. The molecule has 3 atom stereocenters. The van der Waals surface area contributed by atoms with Gasteiger partial charge in [0.2, 0.25) is 10.0 Å². The van der Waals surface area contributed by atoms with Crippen LogP contribution in [0.2, 0.25) is 10.2 Å². The van der Waals surface area contributed by atoms with Gasteiger partial charge >= 0.3 is 0 Å². The summed E-state index contributed by atoms with van der Waals surface area (Å²) >= 11 is 12.6. The number of fused-ring (bicyclic) bond motifs is 1. The van der Waals surface area contributed by atoms with Crippen molar-refractivity contribution in [1.82, 2.24) is 19.5 Å². The van der Waals surface area contributed by atoms with Crippen molar-refractivity contribution in [3.05, 3.63) is 51.8 Å². The van der Waals surface area contributed by atoms with Crippen LogP contribution in [0.15, 0.2) is 30.3 Å². The summed E-state index contributed by atoms with van der Waals surface area (Å²) in [5.41, 5.74) is 1.67. The summed E-state index contributed by atoms with van der Waals surface area (Å²) in [5.74, 6) is 0.499. The highest BCUT2D eigenvalue weighted by atomic mass is 35.5. The van der Waals surface area contributed by atoms with Gasteiger partial charge in [0.05, 0.1) is 41.5 Å². The van der Waals surface area contributed by atoms with E-state index in [1.54, 1.807) is 21.5 Å². The van der Waals surface area contributed by atoms with Crippen LogP contribution in [-0.2, 0) is 14.8 Å². The van der Waals surface area contributed by atoms with Gasteiger partial charge in [0.1, 0.15) is 11.0 Å². The molecule has 0 saturated carbocycles. The highest BCUT2D eigenvalue weighted by Crippen LogP contribution is 2.35. The fraction of sp³-hybridized carbons (Fsp3) is 0.480. The Kier molecular flexibility index (Phi) is 7.47. The van der Waals surface area contributed by atoms with Crippen LogP contribution >= 0.6 is 23.2 Å². The van der Waals surface area contributed by atoms with Crippen molar-refractivity contribution >= 4 is 56.3 Å². The van der Waals surface area contributed by atoms with E-state index in [4.69, 9.17) is 33.0 Å². The van der Waals surface area contributed by atoms with Crippen LogP contribution in [0, 0.1) is 0 Å². The summed E-state index contributed by atoms with van der Waals surface area (Å²) in [6.45, 7) is 5.94. The molecular formula is C25H30Cl2N6O4S. The summed E-state index contributed by atoms with van der Waals surface area (Å²) in [7, 11) is -3.60. The molecule has 3 unspecified atom stereocenters. The third kappa shape index (κ3) is 5.70. The van der Waals surface area contributed by atoms with Gasteiger partial charge < -0.3 is 14.5 Å². The molecule has 2 saturated heterocycles. The van der Waals surface area contributed by atoms with E-state index in [9.17, 15) is 13.2 Å². The summed E-state index contributed by atoms with van der Waals surface area (Å²) in [6.07, 6.45) is 3.60. The van der Waals surface area contributed by atoms with E-state index in [0.29, 0.717) is 47.6 Å². The average Bonchev–Trinajstić information content (AvgIpc) is 3.26. The number of piperidine rings is 1. The third-order valence-electron chi connectivity index (χ3n) is 6.75. The Morgan fingerprint density at radius 2 is 1.84 bits per heavy atom. The van der Waals surface area contributed by atoms with Crippen molar-refractivity contribution in [2.24, 2.45) is 0 Å². The van der Waals surface area contributed by atoms with Crippen molar-refractivity contribution < 1.29 is 17.9 Å². The van der Waals surface area contributed by atoms with Gasteiger partial charge in [-0.3, -0.25) is 9.52 Å². The standard InChI is InChI=1S/C25H30Cl2N6O4S/c1-15-13-31(14-16(2)37-15)24-12-22(27)28-23-11-20(29-33(23)24)21-6-4-5-9-32(21)25(34)18-10-17(26)7-8-19(18)30-38(3,35)36/h7-8,10-12,15-16,21,30H,4-6,9,13-14H2,1-3H3. The van der Waals surface area contributed by atoms with Crippen molar-refractivity contribution in [2.45, 2.75) is 51.4 Å². The Labute approximate surface area is 231 Å². The van der Waals surface area contributed by atoms with Crippen LogP contribution in [0.1, 0.15) is 55.2 Å². The maximum atomic E-state index is 13.8. The number of hydrogen-bond donors (Lipinski definition) is 1. The second-order valence-corrected chi connectivity index (χ2v) is 12.6. The number of nitrogens with one attached hydrogen (secondary N) is 1. The number of aromatic nitrogens is 3. The lowest BCUT2D eigenvalue weighted by atomic mass is 9.98. The van der Waals surface area contributed by atoms with Crippen LogP contribution in [0.5, 0.6) is 0 Å². The number of morpholine rings is 1. The third-order valence-corrected chi connectivity index (χ3v) is 7.77. The average molecular weight is 582 g/mol. The number of anilines is 2. The van der Waals surface area contributed by atoms with Crippen molar-refractivity contribution in [1.29, 1.82) is 0 Å². The Bertz CT molecular complexity index is 1470. The largest absolute Gasteiger partial charge is 0.372 e. The molecule has 0 spiro atoms. The normalized spacial score (nSPS) is 22.6. The molecule has 1 amide bonds. The van der Waals surface area contributed by atoms with Gasteiger partial charge in [0, 0.05) is 36.8 Å². The van der Waals surface area contributed by atoms with E-state index < -0.39 is 10.0 Å². The lowest BCUT2D eigenvalue weighted by Gasteiger charge is -2.36. The highest BCUT2D eigenvalue weighted by Gasteiger charge is 2.33. The van der Waals surface area contributed by atoms with Gasteiger partial charge in [-0.05, 0) is 51.3 Å². The minimum absolute atomic E-state index is 0.0506. The van der Waals surface area contributed by atoms with E-state index in [1.165, 1.54) is 12.1 Å². The van der Waals surface area contributed by atoms with E-state index in [1.807, 2.05) is 19.9 Å². The second kappa shape index (κ2) is 10.5. The summed E-state index contributed by atoms with van der Waals surface area (Å²) in [6, 6.07) is 7.89. The molecule has 2 aliphatic rings. The molecule has 2 fully saturated rings. The molecule has 0 radical (unpaired) electrons. The summed E-state index contributed by atoms with van der Waals surface area (Å²) in [4.78, 5) is 22.3. The minimum atomic E-state index is -3.60. The molecule has 2 aromatic heterocycles. The number of rotatable bonds is 5. The molecule has 10 nitrogen and oxygen atoms in total. The number of hydrogen-bond acceptors (Lipinski definition) is 7. The maximum absolute atomic E-state index is 13.8. The van der Waals surface area contributed by atoms with E-state index in [0.717, 1.165) is 24.9 Å². The minimum Gasteiger partial charge on any atom is -0.372 e. The van der Waals surface area contributed by atoms with Gasteiger partial charge in [0.25, 0.3) is 5.91 Å². The summed E-state index contributed by atoms with van der Waals surface area (Å²) in [5, 5.41) is 5.61. The number of amides is 1. The number of likely N-dealkylation sites (tertiary alicyclic amines) is 1. The fourth-order valence-corrected chi connectivity index (χ4v) is 6.25. The fourth-order valence-electron chi connectivity index (χ4n) is 5.32. The van der Waals surface area contributed by atoms with Gasteiger partial charge in [-0.2, -0.15) is 9.61 Å². The van der Waals surface area contributed by atoms with Crippen LogP contribution in [-0.4, -0.2) is 71.9 Å². The molecule has 3 aromatic rings. The molecular weight excluding hydrogens is 551 g/mol. The second-order valence-electron chi connectivity index (χ2n) is 10.0. The first kappa shape index (κ1) is 27.0. The number of ether oxygens (including phenoxy) is 1. The SMILES string of the molecule is CC1CN(c2cc(Cl)nc3cc(C4CCCCN4C(=O)c4cc(Cl)ccc4NS(C)(=O)=O)nn23)CC(C)O1. The molecule has 0 aliphatic carbocycles. The molecule has 5 rings (SSSR count). The van der Waals surface area contributed by atoms with Crippen molar-refractivity contribution in [3.63, 3.8) is 0 Å². The number of carbonyl (C=O) groups excluding carboxylic acids is 1. The molecule has 1 aromatic carbocycles. The van der Waals surface area contributed by atoms with Gasteiger partial charge in [-0.15, -0.1) is 0 Å². The number of benzene rings is 1. The topological polar surface area (TPSA) is 109 Å². The molecule has 4 heterocycles. The van der Waals surface area contributed by atoms with Crippen LogP contribution in [0.3, 0.4) is 0 Å². The summed E-state index contributed by atoms with van der Waals surface area (Å²) < 4.78 is 34.0. The molecule has 2 aliphatic heterocycles. The number of nitrogens with zero attached hydrogens (tertiary/aromatic N) is 5. The zero-order valence-electron chi connectivity index (χ0n) is 21.4. The smallest absolute Gasteiger partial charge is 0.256 e. The highest BCUT2D eigenvalue weighted by molar-refractivity contribution is 7.92. The van der Waals surface area contributed by atoms with E-state index in [-0.39, 0.29) is 35.4 Å². The number of halogens is 2. The first-order valence-corrected chi connectivity index (χ1v) is 15.2. The van der Waals surface area contributed by atoms with Gasteiger partial charge in [0.15, 0.2) is 5.65 Å². The number of sulfonamides is 1. The predicted molar refractivity (Wildman–Crippen MR) is 148 cm³/mol. The van der Waals surface area contributed by atoms with Crippen molar-refractivity contribution in [2.75, 3.05) is 35.5 Å². The first-order valence-electron chi connectivity index (χ1n) is 12.5. The van der Waals surface area contributed by atoms with E-state index in [2.05, 4.69) is 14.6 Å². The maximum Gasteiger partial charge on any atom is 0.256 e. The Morgan fingerprint density at radius 1 is 1.11 bits per heavy atom. The molecule has 1 N–H and O–H groups in total. The lowest BCUT2D eigenvalue weighted by Crippen LogP contribution is -2.46. The Balaban J connectivity index is 1.52. The number of carbonyl (C=O) groups is 1. The van der Waals surface area contributed by atoms with Crippen LogP contribution in [0.4, 0.5) is 11.5 Å². The Hall–Kier alpha value is -2.60. The lowest BCUT2D eigenvalue weighted by molar-refractivity contribution is -0.00558. The molecule has 13 heteroatoms. The van der Waals surface area contributed by atoms with Gasteiger partial charge in [-0.25, -0.2) is 13.4 Å². The zero-order valence-corrected chi connectivity index (χ0v) is 23.7. The first-order chi connectivity index (χ1) is 18.0. The van der Waals surface area contributed by atoms with Crippen LogP contribution in [0.25, 0.3) is 5.65 Å². The van der Waals surface area contributed by atoms with Crippen LogP contribution < -0.4 is 9.62 Å². The molecule has 204 valence electrons. The van der Waals surface area contributed by atoms with Crippen molar-refractivity contribution in [3.8, 4) is 0 Å². The monoisotopic (exact) mass is 580 g/mol. The van der Waals surface area contributed by atoms with E-state index >= 15 is 0 Å².